The van der Waals surface area contributed by atoms with E-state index >= 15 is 0 Å². The monoisotopic (exact) mass is 347 g/mol. The van der Waals surface area contributed by atoms with Gasteiger partial charge in [0.15, 0.2) is 0 Å². The molecule has 0 radical (unpaired) electrons. The Hall–Kier alpha value is -2.85. The van der Waals surface area contributed by atoms with Crippen molar-refractivity contribution in [3.8, 4) is 11.1 Å². The van der Waals surface area contributed by atoms with Crippen molar-refractivity contribution in [3.63, 3.8) is 0 Å². The molecule has 0 fully saturated rings. The van der Waals surface area contributed by atoms with Gasteiger partial charge >= 0.3 is 5.97 Å². The number of carbonyl (C=O) groups is 1. The van der Waals surface area contributed by atoms with Crippen LogP contribution in [0.5, 0.6) is 0 Å². The van der Waals surface area contributed by atoms with Gasteiger partial charge in [0.05, 0.1) is 12.3 Å². The molecule has 0 saturated carbocycles. The zero-order chi connectivity index (χ0) is 18.1. The van der Waals surface area contributed by atoms with Gasteiger partial charge in [0.2, 0.25) is 0 Å². The second-order valence-electron chi connectivity index (χ2n) is 6.61. The molecular weight excluding hydrogens is 326 g/mol. The molecule has 0 bridgehead atoms. The molecule has 1 heterocycles. The van der Waals surface area contributed by atoms with Crippen molar-refractivity contribution in [3.05, 3.63) is 83.2 Å². The molecule has 3 aromatic rings. The van der Waals surface area contributed by atoms with E-state index in [-0.39, 0.29) is 5.97 Å². The first kappa shape index (κ1) is 16.6. The normalized spacial score (nSPS) is 18.5. The average Bonchev–Trinajstić information content (AvgIpc) is 3.24. The van der Waals surface area contributed by atoms with Crippen molar-refractivity contribution in [2.45, 2.75) is 25.4 Å². The van der Waals surface area contributed by atoms with E-state index in [4.69, 9.17) is 4.74 Å². The van der Waals surface area contributed by atoms with E-state index in [9.17, 15) is 9.90 Å². The molecule has 0 spiro atoms. The summed E-state index contributed by atoms with van der Waals surface area (Å²) in [5.41, 5.74) is 4.05. The molecule has 0 saturated heterocycles. The summed E-state index contributed by atoms with van der Waals surface area (Å²) < 4.78 is 5.05. The van der Waals surface area contributed by atoms with Crippen LogP contribution in [0.4, 0.5) is 0 Å². The third kappa shape index (κ3) is 2.72. The van der Waals surface area contributed by atoms with Gasteiger partial charge in [0, 0.05) is 0 Å². The highest BCUT2D eigenvalue weighted by Gasteiger charge is 2.40. The second-order valence-corrected chi connectivity index (χ2v) is 6.61. The third-order valence-electron chi connectivity index (χ3n) is 5.03. The van der Waals surface area contributed by atoms with E-state index in [0.29, 0.717) is 24.4 Å². The van der Waals surface area contributed by atoms with Gasteiger partial charge < -0.3 is 14.8 Å². The molecule has 4 rings (SSSR count). The number of rotatable bonds is 4. The van der Waals surface area contributed by atoms with Gasteiger partial charge in [-0.1, -0.05) is 54.6 Å². The van der Waals surface area contributed by atoms with E-state index in [2.05, 4.69) is 17.1 Å². The van der Waals surface area contributed by atoms with Gasteiger partial charge in [0.1, 0.15) is 11.3 Å². The minimum atomic E-state index is -1.10. The summed E-state index contributed by atoms with van der Waals surface area (Å²) in [6.07, 6.45) is 1.32. The lowest BCUT2D eigenvalue weighted by Gasteiger charge is -2.24. The van der Waals surface area contributed by atoms with Crippen LogP contribution in [0.1, 0.15) is 40.7 Å². The summed E-state index contributed by atoms with van der Waals surface area (Å²) >= 11 is 0. The van der Waals surface area contributed by atoms with Crippen molar-refractivity contribution in [1.29, 1.82) is 0 Å². The lowest BCUT2D eigenvalue weighted by Crippen LogP contribution is -2.25. The maximum Gasteiger partial charge on any atom is 0.354 e. The maximum absolute atomic E-state index is 12.0. The molecular formula is C22H21NO3. The number of aliphatic hydroxyl groups is 1. The molecule has 1 aliphatic carbocycles. The summed E-state index contributed by atoms with van der Waals surface area (Å²) in [5, 5.41) is 11.3. The zero-order valence-corrected chi connectivity index (χ0v) is 14.7. The average molecular weight is 347 g/mol. The number of aryl methyl sites for hydroxylation is 1. The van der Waals surface area contributed by atoms with Crippen molar-refractivity contribution in [1.82, 2.24) is 4.98 Å². The molecule has 1 aromatic heterocycles. The fourth-order valence-electron chi connectivity index (χ4n) is 3.68. The first-order valence-electron chi connectivity index (χ1n) is 8.89. The number of hydrogen-bond acceptors (Lipinski definition) is 3. The molecule has 1 atom stereocenters. The number of H-pyrrole nitrogens is 1. The van der Waals surface area contributed by atoms with Crippen LogP contribution in [-0.4, -0.2) is 22.7 Å². The fourth-order valence-corrected chi connectivity index (χ4v) is 3.68. The fraction of sp³-hybridized carbons (Fsp3) is 0.227. The Morgan fingerprint density at radius 3 is 2.50 bits per heavy atom. The number of nitrogens with one attached hydrogen (secondary N) is 1. The van der Waals surface area contributed by atoms with E-state index in [1.54, 1.807) is 13.0 Å². The second kappa shape index (κ2) is 6.46. The topological polar surface area (TPSA) is 62.3 Å². The van der Waals surface area contributed by atoms with Gasteiger partial charge in [0.25, 0.3) is 0 Å². The highest BCUT2D eigenvalue weighted by molar-refractivity contribution is 5.88. The number of benzene rings is 2. The first-order valence-corrected chi connectivity index (χ1v) is 8.89. The molecule has 26 heavy (non-hydrogen) atoms. The van der Waals surface area contributed by atoms with E-state index < -0.39 is 5.60 Å². The molecule has 132 valence electrons. The van der Waals surface area contributed by atoms with E-state index in [1.807, 2.05) is 42.5 Å². The number of aromatic nitrogens is 1. The number of hydrogen-bond donors (Lipinski definition) is 2. The SMILES string of the molecule is CCOC(=O)c1cc2c([nH]1)C(O)(c1ccc(-c3ccccc3)cc1)CC2. The van der Waals surface area contributed by atoms with Crippen LogP contribution in [0.2, 0.25) is 0 Å². The van der Waals surface area contributed by atoms with Gasteiger partial charge in [-0.15, -0.1) is 0 Å². The Balaban J connectivity index is 1.66. The van der Waals surface area contributed by atoms with Crippen molar-refractivity contribution < 1.29 is 14.6 Å². The largest absolute Gasteiger partial charge is 0.461 e. The zero-order valence-electron chi connectivity index (χ0n) is 14.7. The molecule has 0 aliphatic heterocycles. The van der Waals surface area contributed by atoms with Crippen LogP contribution >= 0.6 is 0 Å². The van der Waals surface area contributed by atoms with Crippen molar-refractivity contribution >= 4 is 5.97 Å². The lowest BCUT2D eigenvalue weighted by molar-refractivity contribution is 0.0516. The number of fused-ring (bicyclic) bond motifs is 1. The predicted octanol–water partition coefficient (Wildman–Crippen LogP) is 4.04. The Morgan fingerprint density at radius 2 is 1.81 bits per heavy atom. The maximum atomic E-state index is 12.0. The molecule has 4 nitrogen and oxygen atoms in total. The predicted molar refractivity (Wildman–Crippen MR) is 99.9 cm³/mol. The minimum Gasteiger partial charge on any atom is -0.461 e. The third-order valence-corrected chi connectivity index (χ3v) is 5.03. The first-order chi connectivity index (χ1) is 12.6. The quantitative estimate of drug-likeness (QED) is 0.700. The molecule has 1 aliphatic rings. The standard InChI is InChI=1S/C22H21NO3/c1-2-26-21(24)19-14-17-12-13-22(25,20(17)23-19)18-10-8-16(9-11-18)15-6-4-3-5-7-15/h3-11,14,23,25H,2,12-13H2,1H3. The number of carbonyl (C=O) groups excluding carboxylic acids is 1. The lowest BCUT2D eigenvalue weighted by atomic mass is 9.90. The number of aromatic amines is 1. The number of ether oxygens (including phenoxy) is 1. The summed E-state index contributed by atoms with van der Waals surface area (Å²) in [6.45, 7) is 2.10. The van der Waals surface area contributed by atoms with Crippen molar-refractivity contribution in [2.24, 2.45) is 0 Å². The molecule has 4 heteroatoms. The smallest absolute Gasteiger partial charge is 0.354 e. The Morgan fingerprint density at radius 1 is 1.12 bits per heavy atom. The van der Waals surface area contributed by atoms with Gasteiger partial charge in [-0.25, -0.2) is 4.79 Å². The van der Waals surface area contributed by atoms with Crippen LogP contribution < -0.4 is 0 Å². The van der Waals surface area contributed by atoms with Crippen molar-refractivity contribution in [2.75, 3.05) is 6.61 Å². The Kier molecular flexibility index (Phi) is 4.13. The molecule has 2 N–H and O–H groups in total. The number of esters is 1. The van der Waals surface area contributed by atoms with Gasteiger partial charge in [-0.2, -0.15) is 0 Å². The summed E-state index contributed by atoms with van der Waals surface area (Å²) in [6, 6.07) is 19.9. The van der Waals surface area contributed by atoms with Gasteiger partial charge in [-0.3, -0.25) is 0 Å². The summed E-state index contributed by atoms with van der Waals surface area (Å²) in [4.78, 5) is 15.1. The van der Waals surface area contributed by atoms with Crippen LogP contribution in [-0.2, 0) is 16.8 Å². The molecule has 0 amide bonds. The van der Waals surface area contributed by atoms with Gasteiger partial charge in [-0.05, 0) is 48.1 Å². The Labute approximate surface area is 152 Å². The van der Waals surface area contributed by atoms with Crippen LogP contribution in [0.3, 0.4) is 0 Å². The van der Waals surface area contributed by atoms with Crippen LogP contribution in [0.15, 0.2) is 60.7 Å². The van der Waals surface area contributed by atoms with Crippen LogP contribution in [0.25, 0.3) is 11.1 Å². The molecule has 2 aromatic carbocycles. The minimum absolute atomic E-state index is 0.327. The van der Waals surface area contributed by atoms with E-state index in [0.717, 1.165) is 28.7 Å². The van der Waals surface area contributed by atoms with Crippen LogP contribution in [0, 0.1) is 0 Å². The highest BCUT2D eigenvalue weighted by Crippen LogP contribution is 2.42. The molecule has 1 unspecified atom stereocenters. The Bertz CT molecular complexity index is 928. The summed E-state index contributed by atoms with van der Waals surface area (Å²) in [7, 11) is 0. The van der Waals surface area contributed by atoms with E-state index in [1.165, 1.54) is 0 Å². The summed E-state index contributed by atoms with van der Waals surface area (Å²) in [5.74, 6) is -0.385. The highest BCUT2D eigenvalue weighted by atomic mass is 16.5.